The van der Waals surface area contributed by atoms with E-state index in [2.05, 4.69) is 0 Å². The molecule has 2 rings (SSSR count). The van der Waals surface area contributed by atoms with Crippen LogP contribution in [0, 0.1) is 5.92 Å². The monoisotopic (exact) mass is 329 g/mol. The van der Waals surface area contributed by atoms with Crippen LogP contribution < -0.4 is 0 Å². The molecule has 0 radical (unpaired) electrons. The van der Waals surface area contributed by atoms with Gasteiger partial charge in [-0.3, -0.25) is 9.59 Å². The van der Waals surface area contributed by atoms with Crippen molar-refractivity contribution in [3.05, 3.63) is 33.8 Å². The molecule has 4 nitrogen and oxygen atoms in total. The molecule has 1 fully saturated rings. The highest BCUT2D eigenvalue weighted by molar-refractivity contribution is 6.43. The lowest BCUT2D eigenvalue weighted by atomic mass is 9.93. The van der Waals surface area contributed by atoms with Gasteiger partial charge >= 0.3 is 5.97 Å². The van der Waals surface area contributed by atoms with Gasteiger partial charge in [-0.2, -0.15) is 0 Å². The van der Waals surface area contributed by atoms with Gasteiger partial charge in [-0.25, -0.2) is 0 Å². The number of carbonyl (C=O) groups is 2. The van der Waals surface area contributed by atoms with Crippen molar-refractivity contribution in [2.45, 2.75) is 25.7 Å². The van der Waals surface area contributed by atoms with Crippen molar-refractivity contribution in [2.24, 2.45) is 5.92 Å². The Kier molecular flexibility index (Phi) is 5.48. The van der Waals surface area contributed by atoms with Gasteiger partial charge in [0.05, 0.1) is 15.6 Å². The molecule has 0 unspecified atom stereocenters. The van der Waals surface area contributed by atoms with E-state index in [1.54, 1.807) is 23.1 Å². The fourth-order valence-electron chi connectivity index (χ4n) is 2.65. The third kappa shape index (κ3) is 4.11. The van der Waals surface area contributed by atoms with Gasteiger partial charge in [-0.15, -0.1) is 0 Å². The molecule has 1 heterocycles. The minimum Gasteiger partial charge on any atom is -0.481 e. The van der Waals surface area contributed by atoms with Crippen LogP contribution in [0.5, 0.6) is 0 Å². The highest BCUT2D eigenvalue weighted by Gasteiger charge is 2.26. The molecule has 1 atom stereocenters. The van der Waals surface area contributed by atoms with E-state index in [0.717, 1.165) is 12.8 Å². The standard InChI is InChI=1S/C15H17Cl2NO3/c16-12-5-1-4-11(14(12)17)15(21)18-8-2-3-10(9-18)6-7-13(19)20/h1,4-5,10H,2-3,6-9H2,(H,19,20)/t10-/m0/s1. The first-order valence-corrected chi connectivity index (χ1v) is 7.69. The smallest absolute Gasteiger partial charge is 0.303 e. The molecular weight excluding hydrogens is 313 g/mol. The number of carboxylic acid groups (broad SMARTS) is 1. The van der Waals surface area contributed by atoms with Crippen molar-refractivity contribution in [3.63, 3.8) is 0 Å². The quantitative estimate of drug-likeness (QED) is 0.915. The van der Waals surface area contributed by atoms with Crippen LogP contribution >= 0.6 is 23.2 Å². The molecular formula is C15H17Cl2NO3. The Hall–Kier alpha value is -1.26. The van der Waals surface area contributed by atoms with E-state index < -0.39 is 5.97 Å². The summed E-state index contributed by atoms with van der Waals surface area (Å²) in [5.41, 5.74) is 0.406. The van der Waals surface area contributed by atoms with Crippen molar-refractivity contribution in [1.29, 1.82) is 0 Å². The van der Waals surface area contributed by atoms with Gasteiger partial charge in [0.15, 0.2) is 0 Å². The molecule has 114 valence electrons. The Morgan fingerprint density at radius 1 is 1.33 bits per heavy atom. The maximum Gasteiger partial charge on any atom is 0.303 e. The molecule has 1 amide bonds. The lowest BCUT2D eigenvalue weighted by molar-refractivity contribution is -0.137. The van der Waals surface area contributed by atoms with Crippen molar-refractivity contribution >= 4 is 35.1 Å². The highest BCUT2D eigenvalue weighted by atomic mass is 35.5. The summed E-state index contributed by atoms with van der Waals surface area (Å²) in [5.74, 6) is -0.698. The first kappa shape index (κ1) is 16.1. The van der Waals surface area contributed by atoms with E-state index >= 15 is 0 Å². The Bertz CT molecular complexity index is 548. The van der Waals surface area contributed by atoms with E-state index in [9.17, 15) is 9.59 Å². The van der Waals surface area contributed by atoms with Crippen molar-refractivity contribution in [3.8, 4) is 0 Å². The van der Waals surface area contributed by atoms with Gasteiger partial charge in [-0.05, 0) is 37.3 Å². The number of halogens is 2. The predicted molar refractivity (Wildman–Crippen MR) is 82.0 cm³/mol. The maximum atomic E-state index is 12.5. The van der Waals surface area contributed by atoms with Crippen molar-refractivity contribution in [2.75, 3.05) is 13.1 Å². The van der Waals surface area contributed by atoms with Crippen LogP contribution in [0.2, 0.25) is 10.0 Å². The molecule has 1 aliphatic rings. The number of rotatable bonds is 4. The summed E-state index contributed by atoms with van der Waals surface area (Å²) in [5, 5.41) is 9.39. The van der Waals surface area contributed by atoms with E-state index in [-0.39, 0.29) is 23.3 Å². The second kappa shape index (κ2) is 7.14. The second-order valence-electron chi connectivity index (χ2n) is 5.29. The number of carbonyl (C=O) groups excluding carboxylic acids is 1. The van der Waals surface area contributed by atoms with Crippen LogP contribution in [0.1, 0.15) is 36.0 Å². The number of hydrogen-bond donors (Lipinski definition) is 1. The molecule has 1 aromatic carbocycles. The summed E-state index contributed by atoms with van der Waals surface area (Å²) in [7, 11) is 0. The number of benzene rings is 1. The average molecular weight is 330 g/mol. The Morgan fingerprint density at radius 3 is 2.81 bits per heavy atom. The summed E-state index contributed by atoms with van der Waals surface area (Å²) in [6.45, 7) is 1.25. The number of hydrogen-bond acceptors (Lipinski definition) is 2. The fraction of sp³-hybridized carbons (Fsp3) is 0.467. The van der Waals surface area contributed by atoms with Gasteiger partial charge in [-0.1, -0.05) is 29.3 Å². The summed E-state index contributed by atoms with van der Waals surface area (Å²) < 4.78 is 0. The van der Waals surface area contributed by atoms with Crippen molar-refractivity contribution < 1.29 is 14.7 Å². The first-order valence-electron chi connectivity index (χ1n) is 6.94. The van der Waals surface area contributed by atoms with Gasteiger partial charge in [0.25, 0.3) is 5.91 Å². The number of piperidine rings is 1. The zero-order chi connectivity index (χ0) is 15.4. The topological polar surface area (TPSA) is 57.6 Å². The zero-order valence-corrected chi connectivity index (χ0v) is 13.0. The van der Waals surface area contributed by atoms with E-state index in [4.69, 9.17) is 28.3 Å². The normalized spacial score (nSPS) is 18.6. The van der Waals surface area contributed by atoms with Gasteiger partial charge in [0, 0.05) is 19.5 Å². The van der Waals surface area contributed by atoms with Crippen LogP contribution in [0.3, 0.4) is 0 Å². The Morgan fingerprint density at radius 2 is 2.10 bits per heavy atom. The summed E-state index contributed by atoms with van der Waals surface area (Å²) >= 11 is 12.0. The van der Waals surface area contributed by atoms with Crippen LogP contribution in [-0.4, -0.2) is 35.0 Å². The molecule has 6 heteroatoms. The number of nitrogens with zero attached hydrogens (tertiary/aromatic N) is 1. The lowest BCUT2D eigenvalue weighted by Crippen LogP contribution is -2.40. The minimum atomic E-state index is -0.795. The van der Waals surface area contributed by atoms with Gasteiger partial charge < -0.3 is 10.0 Å². The van der Waals surface area contributed by atoms with Crippen molar-refractivity contribution in [1.82, 2.24) is 4.90 Å². The molecule has 1 N–H and O–H groups in total. The molecule has 1 aromatic rings. The lowest BCUT2D eigenvalue weighted by Gasteiger charge is -2.33. The van der Waals surface area contributed by atoms with Crippen LogP contribution in [0.4, 0.5) is 0 Å². The highest BCUT2D eigenvalue weighted by Crippen LogP contribution is 2.28. The molecule has 0 bridgehead atoms. The molecule has 0 spiro atoms. The first-order chi connectivity index (χ1) is 9.99. The summed E-state index contributed by atoms with van der Waals surface area (Å²) in [6, 6.07) is 5.01. The molecule has 21 heavy (non-hydrogen) atoms. The van der Waals surface area contributed by atoms with Crippen LogP contribution in [0.25, 0.3) is 0 Å². The predicted octanol–water partition coefficient (Wildman–Crippen LogP) is 3.71. The molecule has 1 aliphatic heterocycles. The summed E-state index contributed by atoms with van der Waals surface area (Å²) in [6.07, 6.45) is 2.58. The maximum absolute atomic E-state index is 12.5. The van der Waals surface area contributed by atoms with E-state index in [1.165, 1.54) is 0 Å². The third-order valence-electron chi connectivity index (χ3n) is 3.75. The van der Waals surface area contributed by atoms with E-state index in [1.807, 2.05) is 0 Å². The Labute approximate surface area is 133 Å². The Balaban J connectivity index is 2.05. The second-order valence-corrected chi connectivity index (χ2v) is 6.08. The molecule has 0 saturated carbocycles. The zero-order valence-electron chi connectivity index (χ0n) is 11.5. The van der Waals surface area contributed by atoms with Crippen LogP contribution in [0.15, 0.2) is 18.2 Å². The van der Waals surface area contributed by atoms with E-state index in [0.29, 0.717) is 30.1 Å². The summed E-state index contributed by atoms with van der Waals surface area (Å²) in [4.78, 5) is 24.9. The fourth-order valence-corrected chi connectivity index (χ4v) is 3.03. The minimum absolute atomic E-state index is 0.137. The van der Waals surface area contributed by atoms with Crippen LogP contribution in [-0.2, 0) is 4.79 Å². The number of likely N-dealkylation sites (tertiary alicyclic amines) is 1. The number of amides is 1. The SMILES string of the molecule is O=C(O)CC[C@@H]1CCCN(C(=O)c2cccc(Cl)c2Cl)C1. The molecule has 0 aliphatic carbocycles. The number of aliphatic carboxylic acids is 1. The third-order valence-corrected chi connectivity index (χ3v) is 4.57. The number of carboxylic acids is 1. The molecule has 0 aromatic heterocycles. The largest absolute Gasteiger partial charge is 0.481 e. The van der Waals surface area contributed by atoms with Gasteiger partial charge in [0.1, 0.15) is 0 Å². The average Bonchev–Trinajstić information content (AvgIpc) is 2.47. The molecule has 1 saturated heterocycles. The van der Waals surface area contributed by atoms with Gasteiger partial charge in [0.2, 0.25) is 0 Å².